The predicted molar refractivity (Wildman–Crippen MR) is 75.5 cm³/mol. The Balaban J connectivity index is 2.69. The van der Waals surface area contributed by atoms with E-state index in [1.54, 1.807) is 31.2 Å². The first-order chi connectivity index (χ1) is 9.23. The molecule has 1 aromatic carbocycles. The zero-order valence-electron chi connectivity index (χ0n) is 11.0. The standard InChI is InChI=1S/C13H17F3N2OS/c1-2-18(8-13(14,15)16)7-11(19)9-3-5-10(6-4-9)12(17)20/h3-6,11,19H,2,7-8H2,1H3,(H2,17,20). The van der Waals surface area contributed by atoms with Crippen LogP contribution in [0.4, 0.5) is 13.2 Å². The van der Waals surface area contributed by atoms with Gasteiger partial charge >= 0.3 is 6.18 Å². The van der Waals surface area contributed by atoms with E-state index in [0.29, 0.717) is 11.1 Å². The Kier molecular flexibility index (Phi) is 5.91. The van der Waals surface area contributed by atoms with Gasteiger partial charge < -0.3 is 10.8 Å². The van der Waals surface area contributed by atoms with Crippen LogP contribution in [0.15, 0.2) is 24.3 Å². The van der Waals surface area contributed by atoms with Crippen molar-refractivity contribution in [3.8, 4) is 0 Å². The van der Waals surface area contributed by atoms with E-state index in [4.69, 9.17) is 18.0 Å². The summed E-state index contributed by atoms with van der Waals surface area (Å²) in [5.74, 6) is 0. The Labute approximate surface area is 121 Å². The largest absolute Gasteiger partial charge is 0.401 e. The van der Waals surface area contributed by atoms with E-state index in [9.17, 15) is 18.3 Å². The molecule has 20 heavy (non-hydrogen) atoms. The van der Waals surface area contributed by atoms with Gasteiger partial charge in [0, 0.05) is 12.1 Å². The zero-order valence-corrected chi connectivity index (χ0v) is 11.8. The number of rotatable bonds is 6. The highest BCUT2D eigenvalue weighted by Crippen LogP contribution is 2.20. The summed E-state index contributed by atoms with van der Waals surface area (Å²) in [5.41, 5.74) is 6.63. The van der Waals surface area contributed by atoms with Gasteiger partial charge in [-0.25, -0.2) is 0 Å². The monoisotopic (exact) mass is 306 g/mol. The van der Waals surface area contributed by atoms with Crippen LogP contribution < -0.4 is 5.73 Å². The van der Waals surface area contributed by atoms with Crippen LogP contribution in [-0.2, 0) is 0 Å². The van der Waals surface area contributed by atoms with Gasteiger partial charge in [0.05, 0.1) is 12.6 Å². The number of hydrogen-bond donors (Lipinski definition) is 2. The van der Waals surface area contributed by atoms with Crippen LogP contribution in [0.3, 0.4) is 0 Å². The molecule has 0 fully saturated rings. The van der Waals surface area contributed by atoms with Gasteiger partial charge in [-0.3, -0.25) is 4.90 Å². The smallest absolute Gasteiger partial charge is 0.389 e. The third-order valence-electron chi connectivity index (χ3n) is 2.86. The van der Waals surface area contributed by atoms with Crippen LogP contribution in [0.1, 0.15) is 24.2 Å². The maximum absolute atomic E-state index is 12.3. The highest BCUT2D eigenvalue weighted by molar-refractivity contribution is 7.80. The zero-order chi connectivity index (χ0) is 15.3. The lowest BCUT2D eigenvalue weighted by atomic mass is 10.1. The number of benzene rings is 1. The van der Waals surface area contributed by atoms with E-state index in [2.05, 4.69) is 0 Å². The topological polar surface area (TPSA) is 49.5 Å². The molecule has 0 aliphatic carbocycles. The molecule has 0 amide bonds. The first-order valence-corrected chi connectivity index (χ1v) is 6.50. The lowest BCUT2D eigenvalue weighted by Crippen LogP contribution is -2.36. The molecule has 0 heterocycles. The molecule has 0 radical (unpaired) electrons. The summed E-state index contributed by atoms with van der Waals surface area (Å²) in [6, 6.07) is 6.50. The first kappa shape index (κ1) is 16.9. The van der Waals surface area contributed by atoms with Crippen molar-refractivity contribution in [2.75, 3.05) is 19.6 Å². The van der Waals surface area contributed by atoms with Crippen LogP contribution in [0.5, 0.6) is 0 Å². The van der Waals surface area contributed by atoms with E-state index in [-0.39, 0.29) is 18.1 Å². The van der Waals surface area contributed by atoms with Gasteiger partial charge in [0.2, 0.25) is 0 Å². The summed E-state index contributed by atoms with van der Waals surface area (Å²) in [5, 5.41) is 9.98. The SMILES string of the molecule is CCN(CC(O)c1ccc(C(N)=S)cc1)CC(F)(F)F. The van der Waals surface area contributed by atoms with E-state index < -0.39 is 18.8 Å². The molecular weight excluding hydrogens is 289 g/mol. The van der Waals surface area contributed by atoms with Crippen LogP contribution >= 0.6 is 12.2 Å². The molecule has 3 nitrogen and oxygen atoms in total. The fraction of sp³-hybridized carbons (Fsp3) is 0.462. The van der Waals surface area contributed by atoms with Crippen molar-refractivity contribution in [3.05, 3.63) is 35.4 Å². The fourth-order valence-corrected chi connectivity index (χ4v) is 1.91. The number of nitrogens with zero attached hydrogens (tertiary/aromatic N) is 1. The van der Waals surface area contributed by atoms with Crippen molar-refractivity contribution in [1.82, 2.24) is 4.90 Å². The third kappa shape index (κ3) is 5.44. The molecule has 1 rings (SSSR count). The molecule has 0 bridgehead atoms. The van der Waals surface area contributed by atoms with Gasteiger partial charge in [-0.05, 0) is 12.1 Å². The Morgan fingerprint density at radius 1 is 1.35 bits per heavy atom. The number of halogens is 3. The third-order valence-corrected chi connectivity index (χ3v) is 3.10. The number of aliphatic hydroxyl groups excluding tert-OH is 1. The minimum atomic E-state index is -4.27. The number of hydrogen-bond acceptors (Lipinski definition) is 3. The fourth-order valence-electron chi connectivity index (χ4n) is 1.78. The second-order valence-corrected chi connectivity index (χ2v) is 4.88. The Morgan fingerprint density at radius 3 is 2.30 bits per heavy atom. The summed E-state index contributed by atoms with van der Waals surface area (Å²) in [6.45, 7) is 0.712. The summed E-state index contributed by atoms with van der Waals surface area (Å²) in [7, 11) is 0. The summed E-state index contributed by atoms with van der Waals surface area (Å²) in [6.07, 6.45) is -5.26. The molecule has 0 saturated carbocycles. The highest BCUT2D eigenvalue weighted by Gasteiger charge is 2.30. The van der Waals surface area contributed by atoms with Crippen molar-refractivity contribution < 1.29 is 18.3 Å². The number of likely N-dealkylation sites (N-methyl/N-ethyl adjacent to an activating group) is 1. The van der Waals surface area contributed by atoms with Gasteiger partial charge in [-0.15, -0.1) is 0 Å². The lowest BCUT2D eigenvalue weighted by molar-refractivity contribution is -0.148. The Morgan fingerprint density at radius 2 is 1.90 bits per heavy atom. The Hall–Kier alpha value is -1.18. The molecule has 3 N–H and O–H groups in total. The van der Waals surface area contributed by atoms with Crippen molar-refractivity contribution in [3.63, 3.8) is 0 Å². The second-order valence-electron chi connectivity index (χ2n) is 4.44. The minimum Gasteiger partial charge on any atom is -0.389 e. The maximum atomic E-state index is 12.3. The average molecular weight is 306 g/mol. The van der Waals surface area contributed by atoms with Crippen LogP contribution in [0, 0.1) is 0 Å². The van der Waals surface area contributed by atoms with Crippen molar-refractivity contribution >= 4 is 17.2 Å². The quantitative estimate of drug-likeness (QED) is 0.792. The highest BCUT2D eigenvalue weighted by atomic mass is 32.1. The summed E-state index contributed by atoms with van der Waals surface area (Å²) >= 11 is 4.80. The van der Waals surface area contributed by atoms with Crippen molar-refractivity contribution in [1.29, 1.82) is 0 Å². The average Bonchev–Trinajstić information content (AvgIpc) is 2.36. The van der Waals surface area contributed by atoms with Gasteiger partial charge in [0.1, 0.15) is 4.99 Å². The molecule has 1 atom stereocenters. The Bertz CT molecular complexity index is 448. The minimum absolute atomic E-state index is 0.0809. The van der Waals surface area contributed by atoms with E-state index in [1.165, 1.54) is 0 Å². The molecule has 0 aliphatic heterocycles. The van der Waals surface area contributed by atoms with Crippen LogP contribution in [0.2, 0.25) is 0 Å². The molecule has 1 unspecified atom stereocenters. The molecule has 0 saturated heterocycles. The van der Waals surface area contributed by atoms with E-state index in [1.807, 2.05) is 0 Å². The molecule has 0 aromatic heterocycles. The van der Waals surface area contributed by atoms with Gasteiger partial charge in [-0.2, -0.15) is 13.2 Å². The van der Waals surface area contributed by atoms with Crippen molar-refractivity contribution in [2.24, 2.45) is 5.73 Å². The predicted octanol–water partition coefficient (Wildman–Crippen LogP) is 2.24. The number of nitrogens with two attached hydrogens (primary N) is 1. The lowest BCUT2D eigenvalue weighted by Gasteiger charge is -2.24. The molecule has 112 valence electrons. The number of thiocarbonyl (C=S) groups is 1. The van der Waals surface area contributed by atoms with Crippen LogP contribution in [0.25, 0.3) is 0 Å². The second kappa shape index (κ2) is 7.01. The maximum Gasteiger partial charge on any atom is 0.401 e. The van der Waals surface area contributed by atoms with E-state index >= 15 is 0 Å². The van der Waals surface area contributed by atoms with Gasteiger partial charge in [0.25, 0.3) is 0 Å². The molecule has 7 heteroatoms. The molecule has 0 spiro atoms. The van der Waals surface area contributed by atoms with E-state index in [0.717, 1.165) is 4.90 Å². The van der Waals surface area contributed by atoms with Gasteiger partial charge in [-0.1, -0.05) is 43.4 Å². The number of aliphatic hydroxyl groups is 1. The van der Waals surface area contributed by atoms with Crippen LogP contribution in [-0.4, -0.2) is 40.8 Å². The molecular formula is C13H17F3N2OS. The summed E-state index contributed by atoms with van der Waals surface area (Å²) < 4.78 is 37.0. The molecule has 0 aliphatic rings. The number of alkyl halides is 3. The summed E-state index contributed by atoms with van der Waals surface area (Å²) in [4.78, 5) is 1.38. The van der Waals surface area contributed by atoms with Crippen molar-refractivity contribution in [2.45, 2.75) is 19.2 Å². The van der Waals surface area contributed by atoms with Gasteiger partial charge in [0.15, 0.2) is 0 Å². The normalized spacial score (nSPS) is 13.5. The first-order valence-electron chi connectivity index (χ1n) is 6.10. The molecule has 1 aromatic rings.